The summed E-state index contributed by atoms with van der Waals surface area (Å²) in [5, 5.41) is 4.16. The van der Waals surface area contributed by atoms with E-state index in [0.29, 0.717) is 18.3 Å². The highest BCUT2D eigenvalue weighted by atomic mass is 19.1. The number of rotatable bonds is 3. The number of nitrogens with zero attached hydrogens (tertiary/aromatic N) is 3. The van der Waals surface area contributed by atoms with Crippen LogP contribution in [0.3, 0.4) is 0 Å². The van der Waals surface area contributed by atoms with Gasteiger partial charge in [-0.3, -0.25) is 4.68 Å². The Morgan fingerprint density at radius 3 is 2.70 bits per heavy atom. The molecule has 0 aliphatic heterocycles. The fourth-order valence-corrected chi connectivity index (χ4v) is 1.95. The number of halogens is 1. The third-order valence-corrected chi connectivity index (χ3v) is 2.95. The number of aromatic nitrogens is 3. The average Bonchev–Trinajstić information content (AvgIpc) is 2.98. The topological polar surface area (TPSA) is 69.9 Å². The summed E-state index contributed by atoms with van der Waals surface area (Å²) in [4.78, 5) is 4.37. The number of oxazole rings is 1. The first-order valence-corrected chi connectivity index (χ1v) is 6.12. The Morgan fingerprint density at radius 2 is 2.05 bits per heavy atom. The summed E-state index contributed by atoms with van der Waals surface area (Å²) in [5.41, 5.74) is 8.05. The highest BCUT2D eigenvalue weighted by molar-refractivity contribution is 5.52. The van der Waals surface area contributed by atoms with E-state index < -0.39 is 0 Å². The van der Waals surface area contributed by atoms with Gasteiger partial charge < -0.3 is 10.2 Å². The fraction of sp³-hybridized carbons (Fsp3) is 0.143. The molecule has 0 saturated heterocycles. The van der Waals surface area contributed by atoms with E-state index in [1.54, 1.807) is 29.1 Å². The van der Waals surface area contributed by atoms with Crippen LogP contribution in [0.2, 0.25) is 0 Å². The van der Waals surface area contributed by atoms with Crippen LogP contribution < -0.4 is 5.73 Å². The Balaban J connectivity index is 1.83. The first-order valence-electron chi connectivity index (χ1n) is 6.12. The molecule has 6 heteroatoms. The van der Waals surface area contributed by atoms with Crippen LogP contribution in [0.15, 0.2) is 41.0 Å². The van der Waals surface area contributed by atoms with Gasteiger partial charge in [-0.25, -0.2) is 9.37 Å². The van der Waals surface area contributed by atoms with Crippen LogP contribution >= 0.6 is 0 Å². The quantitative estimate of drug-likeness (QED) is 0.795. The van der Waals surface area contributed by atoms with Crippen LogP contribution in [0.1, 0.15) is 11.4 Å². The number of anilines is 1. The molecule has 0 aliphatic carbocycles. The number of benzene rings is 1. The summed E-state index contributed by atoms with van der Waals surface area (Å²) in [6.45, 7) is 2.40. The number of nitrogen functional groups attached to an aromatic ring is 1. The lowest BCUT2D eigenvalue weighted by atomic mass is 10.2. The SMILES string of the molecule is Cc1cc(N)nn1Cc1coc(-c2ccc(F)cc2)n1. The summed E-state index contributed by atoms with van der Waals surface area (Å²) in [7, 11) is 0. The minimum Gasteiger partial charge on any atom is -0.444 e. The predicted octanol–water partition coefficient (Wildman–Crippen LogP) is 2.62. The van der Waals surface area contributed by atoms with Gasteiger partial charge in [0.25, 0.3) is 0 Å². The van der Waals surface area contributed by atoms with Crippen LogP contribution in [0.5, 0.6) is 0 Å². The van der Waals surface area contributed by atoms with Crippen molar-refractivity contribution in [1.82, 2.24) is 14.8 Å². The Hall–Kier alpha value is -2.63. The van der Waals surface area contributed by atoms with Crippen molar-refractivity contribution in [3.05, 3.63) is 53.8 Å². The molecule has 102 valence electrons. The minimum absolute atomic E-state index is 0.289. The van der Waals surface area contributed by atoms with Gasteiger partial charge >= 0.3 is 0 Å². The van der Waals surface area contributed by atoms with Crippen LogP contribution in [0, 0.1) is 12.7 Å². The lowest BCUT2D eigenvalue weighted by Gasteiger charge is -1.99. The molecule has 2 N–H and O–H groups in total. The molecule has 0 saturated carbocycles. The van der Waals surface area contributed by atoms with Crippen LogP contribution in [-0.4, -0.2) is 14.8 Å². The maximum absolute atomic E-state index is 12.9. The van der Waals surface area contributed by atoms with Crippen LogP contribution in [0.25, 0.3) is 11.5 Å². The third kappa shape index (κ3) is 2.40. The Kier molecular flexibility index (Phi) is 2.98. The van der Waals surface area contributed by atoms with Crippen molar-refractivity contribution >= 4 is 5.82 Å². The molecule has 1 aromatic carbocycles. The van der Waals surface area contributed by atoms with E-state index >= 15 is 0 Å². The van der Waals surface area contributed by atoms with Gasteiger partial charge in [-0.15, -0.1) is 0 Å². The number of aryl methyl sites for hydroxylation is 1. The van der Waals surface area contributed by atoms with Gasteiger partial charge in [0.2, 0.25) is 5.89 Å². The fourth-order valence-electron chi connectivity index (χ4n) is 1.95. The van der Waals surface area contributed by atoms with Gasteiger partial charge in [0.15, 0.2) is 0 Å². The molecule has 5 nitrogen and oxygen atoms in total. The second kappa shape index (κ2) is 4.80. The Bertz CT molecular complexity index is 730. The molecule has 0 bridgehead atoms. The van der Waals surface area contributed by atoms with Crippen molar-refractivity contribution < 1.29 is 8.81 Å². The van der Waals surface area contributed by atoms with Gasteiger partial charge in [0, 0.05) is 17.3 Å². The Morgan fingerprint density at radius 1 is 1.30 bits per heavy atom. The molecule has 0 radical (unpaired) electrons. The molecule has 0 aliphatic rings. The highest BCUT2D eigenvalue weighted by Gasteiger charge is 2.09. The zero-order valence-corrected chi connectivity index (χ0v) is 10.9. The first kappa shape index (κ1) is 12.4. The smallest absolute Gasteiger partial charge is 0.226 e. The standard InChI is InChI=1S/C14H13FN4O/c1-9-6-13(16)18-19(9)7-12-8-20-14(17-12)10-2-4-11(15)5-3-10/h2-6,8H,7H2,1H3,(H2,16,18). The van der Waals surface area contributed by atoms with E-state index in [1.165, 1.54) is 12.1 Å². The van der Waals surface area contributed by atoms with Crippen molar-refractivity contribution in [1.29, 1.82) is 0 Å². The van der Waals surface area contributed by atoms with Crippen molar-refractivity contribution in [2.45, 2.75) is 13.5 Å². The van der Waals surface area contributed by atoms with Gasteiger partial charge in [-0.05, 0) is 31.2 Å². The monoisotopic (exact) mass is 272 g/mol. The summed E-state index contributed by atoms with van der Waals surface area (Å²) in [6, 6.07) is 7.79. The van der Waals surface area contributed by atoms with E-state index in [9.17, 15) is 4.39 Å². The van der Waals surface area contributed by atoms with E-state index in [1.807, 2.05) is 6.92 Å². The van der Waals surface area contributed by atoms with Crippen LogP contribution in [0.4, 0.5) is 10.2 Å². The van der Waals surface area contributed by atoms with E-state index in [-0.39, 0.29) is 5.82 Å². The maximum atomic E-state index is 12.9. The largest absolute Gasteiger partial charge is 0.444 e. The number of nitrogens with two attached hydrogens (primary N) is 1. The van der Waals surface area contributed by atoms with Gasteiger partial charge in [0.1, 0.15) is 23.6 Å². The molecule has 3 aromatic rings. The normalized spacial score (nSPS) is 10.9. The third-order valence-electron chi connectivity index (χ3n) is 2.95. The molecule has 20 heavy (non-hydrogen) atoms. The molecule has 0 amide bonds. The molecule has 0 unspecified atom stereocenters. The minimum atomic E-state index is -0.289. The molecular formula is C14H13FN4O. The molecule has 0 spiro atoms. The zero-order chi connectivity index (χ0) is 14.1. The average molecular weight is 272 g/mol. The lowest BCUT2D eigenvalue weighted by molar-refractivity contribution is 0.568. The lowest BCUT2D eigenvalue weighted by Crippen LogP contribution is -2.04. The van der Waals surface area contributed by atoms with E-state index in [2.05, 4.69) is 10.1 Å². The van der Waals surface area contributed by atoms with E-state index in [0.717, 1.165) is 17.0 Å². The van der Waals surface area contributed by atoms with Gasteiger partial charge in [0.05, 0.1) is 6.54 Å². The molecule has 0 atom stereocenters. The first-order chi connectivity index (χ1) is 9.61. The van der Waals surface area contributed by atoms with Crippen molar-refractivity contribution in [3.8, 4) is 11.5 Å². The number of hydrogen-bond acceptors (Lipinski definition) is 4. The van der Waals surface area contributed by atoms with E-state index in [4.69, 9.17) is 10.2 Å². The van der Waals surface area contributed by atoms with Crippen molar-refractivity contribution in [3.63, 3.8) is 0 Å². The van der Waals surface area contributed by atoms with Crippen molar-refractivity contribution in [2.75, 3.05) is 5.73 Å². The Labute approximate surface area is 114 Å². The van der Waals surface area contributed by atoms with Crippen molar-refractivity contribution in [2.24, 2.45) is 0 Å². The van der Waals surface area contributed by atoms with Gasteiger partial charge in [-0.2, -0.15) is 5.10 Å². The molecule has 3 rings (SSSR count). The summed E-state index contributed by atoms with van der Waals surface area (Å²) in [5.74, 6) is 0.644. The molecule has 0 fully saturated rings. The molecule has 2 aromatic heterocycles. The zero-order valence-electron chi connectivity index (χ0n) is 10.9. The van der Waals surface area contributed by atoms with Gasteiger partial charge in [-0.1, -0.05) is 0 Å². The predicted molar refractivity (Wildman–Crippen MR) is 72.4 cm³/mol. The summed E-state index contributed by atoms with van der Waals surface area (Å²) >= 11 is 0. The van der Waals surface area contributed by atoms with Crippen LogP contribution in [-0.2, 0) is 6.54 Å². The number of hydrogen-bond donors (Lipinski definition) is 1. The molecular weight excluding hydrogens is 259 g/mol. The maximum Gasteiger partial charge on any atom is 0.226 e. The highest BCUT2D eigenvalue weighted by Crippen LogP contribution is 2.19. The summed E-state index contributed by atoms with van der Waals surface area (Å²) < 4.78 is 20.0. The second-order valence-electron chi connectivity index (χ2n) is 4.52. The second-order valence-corrected chi connectivity index (χ2v) is 4.52. The molecule has 2 heterocycles. The summed E-state index contributed by atoms with van der Waals surface area (Å²) in [6.07, 6.45) is 1.57.